The molecule has 0 radical (unpaired) electrons. The standard InChI is InChI=1S/C5H10Br2GeO2/c1-3(5(9)10)4(2)8(6)7/h3-4,8H,1-2H3,(H,9,10). The minimum absolute atomic E-state index is 0.233. The van der Waals surface area contributed by atoms with E-state index < -0.39 is 16.6 Å². The van der Waals surface area contributed by atoms with Gasteiger partial charge in [0.2, 0.25) is 0 Å². The van der Waals surface area contributed by atoms with E-state index in [1.165, 1.54) is 0 Å². The van der Waals surface area contributed by atoms with Crippen LogP contribution in [0.25, 0.3) is 0 Å². The molecule has 0 aromatic carbocycles. The number of rotatable bonds is 3. The third kappa shape index (κ3) is 3.39. The van der Waals surface area contributed by atoms with Gasteiger partial charge >= 0.3 is 79.1 Å². The summed E-state index contributed by atoms with van der Waals surface area (Å²) in [4.78, 5) is 10.4. The number of hydrogen-bond acceptors (Lipinski definition) is 1. The van der Waals surface area contributed by atoms with E-state index >= 15 is 0 Å². The number of carboxylic acids is 1. The van der Waals surface area contributed by atoms with Gasteiger partial charge in [-0.25, -0.2) is 0 Å². The van der Waals surface area contributed by atoms with Crippen molar-refractivity contribution in [1.82, 2.24) is 0 Å². The summed E-state index contributed by atoms with van der Waals surface area (Å²) < 4.78 is 0.282. The Hall–Kier alpha value is 0.973. The first-order valence-electron chi connectivity index (χ1n) is 2.97. The van der Waals surface area contributed by atoms with Crippen molar-refractivity contribution >= 4 is 44.6 Å². The molecule has 5 heteroatoms. The first kappa shape index (κ1) is 11.0. The second-order valence-corrected chi connectivity index (χ2v) is 22.6. The Balaban J connectivity index is 3.94. The Labute approximate surface area is 78.7 Å². The Morgan fingerprint density at radius 1 is 1.50 bits per heavy atom. The average Bonchev–Trinajstić information content (AvgIpc) is 1.84. The van der Waals surface area contributed by atoms with Crippen LogP contribution in [0.15, 0.2) is 0 Å². The van der Waals surface area contributed by atoms with Crippen LogP contribution in [0.3, 0.4) is 0 Å². The second-order valence-electron chi connectivity index (χ2n) is 2.32. The van der Waals surface area contributed by atoms with Crippen LogP contribution >= 0.6 is 28.0 Å². The van der Waals surface area contributed by atoms with Gasteiger partial charge in [-0.3, -0.25) is 0 Å². The first-order chi connectivity index (χ1) is 4.46. The first-order valence-corrected chi connectivity index (χ1v) is 15.7. The molecule has 60 valence electrons. The van der Waals surface area contributed by atoms with Gasteiger partial charge in [0.05, 0.1) is 0 Å². The summed E-state index contributed by atoms with van der Waals surface area (Å²) >= 11 is 6.90. The fourth-order valence-corrected chi connectivity index (χ4v) is 6.46. The molecule has 0 rings (SSSR count). The van der Waals surface area contributed by atoms with Crippen LogP contribution in [-0.4, -0.2) is 21.7 Å². The van der Waals surface area contributed by atoms with E-state index in [1.807, 2.05) is 6.92 Å². The van der Waals surface area contributed by atoms with Crippen LogP contribution in [0, 0.1) is 5.92 Å². The summed E-state index contributed by atoms with van der Waals surface area (Å²) in [5, 5.41) is 8.59. The molecule has 0 saturated heterocycles. The number of carboxylic acid groups (broad SMARTS) is 1. The van der Waals surface area contributed by atoms with Gasteiger partial charge < -0.3 is 0 Å². The van der Waals surface area contributed by atoms with Gasteiger partial charge in [0, 0.05) is 0 Å². The maximum absolute atomic E-state index is 10.4. The van der Waals surface area contributed by atoms with Crippen molar-refractivity contribution in [2.24, 2.45) is 5.92 Å². The van der Waals surface area contributed by atoms with E-state index in [0.29, 0.717) is 0 Å². The number of carbonyl (C=O) groups is 1. The van der Waals surface area contributed by atoms with Gasteiger partial charge in [0.15, 0.2) is 0 Å². The van der Waals surface area contributed by atoms with E-state index in [2.05, 4.69) is 28.0 Å². The molecule has 10 heavy (non-hydrogen) atoms. The predicted octanol–water partition coefficient (Wildman–Crippen LogP) is 2.11. The molecule has 2 nitrogen and oxygen atoms in total. The molecule has 2 unspecified atom stereocenters. The number of aliphatic carboxylic acids is 1. The van der Waals surface area contributed by atoms with Gasteiger partial charge in [0.1, 0.15) is 0 Å². The fraction of sp³-hybridized carbons (Fsp3) is 0.800. The molecule has 0 bridgehead atoms. The maximum atomic E-state index is 10.4. The Morgan fingerprint density at radius 3 is 2.00 bits per heavy atom. The molecule has 0 aliphatic rings. The molecule has 2 atom stereocenters. The van der Waals surface area contributed by atoms with Crippen molar-refractivity contribution in [3.8, 4) is 0 Å². The van der Waals surface area contributed by atoms with Crippen molar-refractivity contribution in [3.63, 3.8) is 0 Å². The number of halogens is 2. The SMILES string of the molecule is CC(C(=O)O)[CH](C)[GeH]([Br])[Br]. The number of hydrogen-bond donors (Lipinski definition) is 1. The Kier molecular flexibility index (Phi) is 5.24. The van der Waals surface area contributed by atoms with Crippen molar-refractivity contribution in [3.05, 3.63) is 0 Å². The normalized spacial score (nSPS) is 16.9. The molecule has 0 aliphatic carbocycles. The topological polar surface area (TPSA) is 37.3 Å². The quantitative estimate of drug-likeness (QED) is 0.803. The van der Waals surface area contributed by atoms with Gasteiger partial charge in [-0.1, -0.05) is 0 Å². The van der Waals surface area contributed by atoms with E-state index in [1.54, 1.807) is 6.92 Å². The van der Waals surface area contributed by atoms with Gasteiger partial charge in [0.25, 0.3) is 0 Å². The zero-order valence-electron chi connectivity index (χ0n) is 5.84. The van der Waals surface area contributed by atoms with Crippen molar-refractivity contribution in [2.45, 2.75) is 18.6 Å². The zero-order chi connectivity index (χ0) is 8.31. The van der Waals surface area contributed by atoms with Gasteiger partial charge in [-0.05, 0) is 0 Å². The van der Waals surface area contributed by atoms with Crippen LogP contribution in [-0.2, 0) is 4.79 Å². The van der Waals surface area contributed by atoms with Gasteiger partial charge in [-0.2, -0.15) is 0 Å². The van der Waals surface area contributed by atoms with Crippen LogP contribution in [0.4, 0.5) is 0 Å². The van der Waals surface area contributed by atoms with Crippen molar-refractivity contribution in [1.29, 1.82) is 0 Å². The summed E-state index contributed by atoms with van der Waals surface area (Å²) in [5.41, 5.74) is 0. The summed E-state index contributed by atoms with van der Waals surface area (Å²) in [7, 11) is -1.56. The average molecular weight is 335 g/mol. The molecular weight excluding hydrogens is 324 g/mol. The van der Waals surface area contributed by atoms with Crippen LogP contribution in [0.1, 0.15) is 13.8 Å². The molecule has 0 heterocycles. The van der Waals surface area contributed by atoms with Gasteiger partial charge in [-0.15, -0.1) is 0 Å². The van der Waals surface area contributed by atoms with Crippen LogP contribution in [0.2, 0.25) is 4.75 Å². The molecule has 0 spiro atoms. The molecule has 0 amide bonds. The fourth-order valence-electron chi connectivity index (χ4n) is 0.443. The zero-order valence-corrected chi connectivity index (χ0v) is 11.4. The predicted molar refractivity (Wildman–Crippen MR) is 51.2 cm³/mol. The molecular formula is C5H10Br2GeO2. The summed E-state index contributed by atoms with van der Waals surface area (Å²) in [6.45, 7) is 3.71. The summed E-state index contributed by atoms with van der Waals surface area (Å²) in [5.74, 6) is -0.939. The molecule has 0 aliphatic heterocycles. The monoisotopic (exact) mass is 334 g/mol. The second kappa shape index (κ2) is 4.77. The third-order valence-electron chi connectivity index (χ3n) is 1.58. The molecule has 0 saturated carbocycles. The van der Waals surface area contributed by atoms with Crippen LogP contribution < -0.4 is 0 Å². The van der Waals surface area contributed by atoms with E-state index in [-0.39, 0.29) is 10.7 Å². The summed E-state index contributed by atoms with van der Waals surface area (Å²) in [6.07, 6.45) is 0. The molecule has 0 aromatic heterocycles. The van der Waals surface area contributed by atoms with Crippen molar-refractivity contribution < 1.29 is 9.90 Å². The molecule has 0 aromatic rings. The third-order valence-corrected chi connectivity index (χ3v) is 13.1. The van der Waals surface area contributed by atoms with Crippen molar-refractivity contribution in [2.75, 3.05) is 0 Å². The van der Waals surface area contributed by atoms with E-state index in [4.69, 9.17) is 5.11 Å². The Bertz CT molecular complexity index is 129. The van der Waals surface area contributed by atoms with Crippen LogP contribution in [0.5, 0.6) is 0 Å². The summed E-state index contributed by atoms with van der Waals surface area (Å²) in [6, 6.07) is 0. The molecule has 1 N–H and O–H groups in total. The molecule has 0 fully saturated rings. The Morgan fingerprint density at radius 2 is 1.90 bits per heavy atom. The van der Waals surface area contributed by atoms with E-state index in [0.717, 1.165) is 0 Å². The van der Waals surface area contributed by atoms with E-state index in [9.17, 15) is 4.79 Å². The minimum atomic E-state index is -1.56.